The lowest BCUT2D eigenvalue weighted by Crippen LogP contribution is -2.50. The smallest absolute Gasteiger partial charge is 0.336 e. The van der Waals surface area contributed by atoms with E-state index in [1.165, 1.54) is 52.5 Å². The molecule has 0 aromatic heterocycles. The van der Waals surface area contributed by atoms with E-state index in [2.05, 4.69) is 0 Å². The molecule has 2 aromatic rings. The van der Waals surface area contributed by atoms with E-state index in [1.54, 1.807) is 0 Å². The van der Waals surface area contributed by atoms with E-state index in [0.29, 0.717) is 5.56 Å². The van der Waals surface area contributed by atoms with Crippen molar-refractivity contribution in [3.8, 4) is 0 Å². The van der Waals surface area contributed by atoms with Gasteiger partial charge >= 0.3 is 6.18 Å². The Kier molecular flexibility index (Phi) is 6.00. The third-order valence-corrected chi connectivity index (χ3v) is 6.77. The summed E-state index contributed by atoms with van der Waals surface area (Å²) >= 11 is 0. The van der Waals surface area contributed by atoms with Crippen molar-refractivity contribution in [2.24, 2.45) is 0 Å². The zero-order valence-electron chi connectivity index (χ0n) is 16.0. The molecule has 1 aliphatic heterocycles. The number of sulfonamides is 1. The van der Waals surface area contributed by atoms with E-state index in [-0.39, 0.29) is 42.4 Å². The van der Waals surface area contributed by atoms with Crippen molar-refractivity contribution in [3.63, 3.8) is 0 Å². The standard InChI is InChI=1S/C20H19F3N2O4S/c1-14(26)15-5-7-18(8-6-15)30(28,29)25-11-9-24(10-12-25)19(27)16-3-2-4-17(13-16)20(21,22)23/h2-8,13H,9-12H2,1H3. The molecule has 0 aliphatic carbocycles. The fourth-order valence-electron chi connectivity index (χ4n) is 3.15. The molecule has 0 radical (unpaired) electrons. The van der Waals surface area contributed by atoms with Crippen molar-refractivity contribution >= 4 is 21.7 Å². The summed E-state index contributed by atoms with van der Waals surface area (Å²) in [6.07, 6.45) is -4.55. The highest BCUT2D eigenvalue weighted by atomic mass is 32.2. The van der Waals surface area contributed by atoms with E-state index < -0.39 is 27.7 Å². The highest BCUT2D eigenvalue weighted by Crippen LogP contribution is 2.30. The molecule has 0 spiro atoms. The van der Waals surface area contributed by atoms with Crippen molar-refractivity contribution in [3.05, 3.63) is 65.2 Å². The number of carbonyl (C=O) groups excluding carboxylic acids is 2. The van der Waals surface area contributed by atoms with E-state index >= 15 is 0 Å². The molecule has 0 N–H and O–H groups in total. The van der Waals surface area contributed by atoms with E-state index in [9.17, 15) is 31.2 Å². The zero-order valence-corrected chi connectivity index (χ0v) is 16.8. The summed E-state index contributed by atoms with van der Waals surface area (Å²) in [7, 11) is -3.81. The summed E-state index contributed by atoms with van der Waals surface area (Å²) in [5.41, 5.74) is -0.616. The van der Waals surface area contributed by atoms with Crippen LogP contribution in [0.2, 0.25) is 0 Å². The van der Waals surface area contributed by atoms with Crippen molar-refractivity contribution in [1.82, 2.24) is 9.21 Å². The molecular formula is C20H19F3N2O4S. The van der Waals surface area contributed by atoms with Gasteiger partial charge in [-0.05, 0) is 37.3 Å². The summed E-state index contributed by atoms with van der Waals surface area (Å²) in [6.45, 7) is 1.52. The van der Waals surface area contributed by atoms with Gasteiger partial charge in [-0.2, -0.15) is 17.5 Å². The molecular weight excluding hydrogens is 421 g/mol. The third kappa shape index (κ3) is 4.54. The number of rotatable bonds is 4. The normalized spacial score (nSPS) is 15.8. The zero-order chi connectivity index (χ0) is 22.1. The molecule has 1 fully saturated rings. The first kappa shape index (κ1) is 22.0. The topological polar surface area (TPSA) is 74.8 Å². The van der Waals surface area contributed by atoms with Gasteiger partial charge in [0.05, 0.1) is 10.5 Å². The van der Waals surface area contributed by atoms with Crippen molar-refractivity contribution in [2.75, 3.05) is 26.2 Å². The number of hydrogen-bond acceptors (Lipinski definition) is 4. The summed E-state index contributed by atoms with van der Waals surface area (Å²) < 4.78 is 65.4. The number of hydrogen-bond donors (Lipinski definition) is 0. The maximum absolute atomic E-state index is 12.9. The Bertz CT molecular complexity index is 1060. The number of halogens is 3. The molecule has 30 heavy (non-hydrogen) atoms. The molecule has 0 atom stereocenters. The van der Waals surface area contributed by atoms with Crippen LogP contribution in [0.25, 0.3) is 0 Å². The Morgan fingerprint density at radius 2 is 1.50 bits per heavy atom. The molecule has 6 nitrogen and oxygen atoms in total. The predicted molar refractivity (Wildman–Crippen MR) is 103 cm³/mol. The largest absolute Gasteiger partial charge is 0.416 e. The highest BCUT2D eigenvalue weighted by molar-refractivity contribution is 7.89. The predicted octanol–water partition coefficient (Wildman–Crippen LogP) is 3.05. The lowest BCUT2D eigenvalue weighted by atomic mass is 10.1. The van der Waals surface area contributed by atoms with Gasteiger partial charge < -0.3 is 4.90 Å². The van der Waals surface area contributed by atoms with Gasteiger partial charge in [0.15, 0.2) is 5.78 Å². The number of ketones is 1. The second-order valence-corrected chi connectivity index (χ2v) is 8.79. The van der Waals surface area contributed by atoms with Crippen LogP contribution < -0.4 is 0 Å². The van der Waals surface area contributed by atoms with Gasteiger partial charge in [0.1, 0.15) is 0 Å². The monoisotopic (exact) mass is 440 g/mol. The van der Waals surface area contributed by atoms with Gasteiger partial charge in [-0.3, -0.25) is 9.59 Å². The first-order valence-corrected chi connectivity index (χ1v) is 10.5. The number of amides is 1. The van der Waals surface area contributed by atoms with Crippen molar-refractivity contribution < 1.29 is 31.2 Å². The van der Waals surface area contributed by atoms with Crippen LogP contribution in [-0.4, -0.2) is 55.5 Å². The van der Waals surface area contributed by atoms with E-state index in [4.69, 9.17) is 0 Å². The minimum atomic E-state index is -4.55. The maximum atomic E-state index is 12.9. The minimum absolute atomic E-state index is 0.0154. The number of benzene rings is 2. The summed E-state index contributed by atoms with van der Waals surface area (Å²) in [5, 5.41) is 0. The van der Waals surface area contributed by atoms with E-state index in [0.717, 1.165) is 12.1 Å². The van der Waals surface area contributed by atoms with Crippen LogP contribution in [0.5, 0.6) is 0 Å². The van der Waals surface area contributed by atoms with Gasteiger partial charge in [-0.1, -0.05) is 18.2 Å². The number of alkyl halides is 3. The molecule has 1 amide bonds. The van der Waals surface area contributed by atoms with E-state index in [1.807, 2.05) is 0 Å². The first-order valence-electron chi connectivity index (χ1n) is 9.08. The number of carbonyl (C=O) groups is 2. The molecule has 2 aromatic carbocycles. The first-order chi connectivity index (χ1) is 14.0. The van der Waals surface area contributed by atoms with Crippen molar-refractivity contribution in [2.45, 2.75) is 18.0 Å². The molecule has 10 heteroatoms. The van der Waals surface area contributed by atoms with Gasteiger partial charge in [-0.25, -0.2) is 8.42 Å². The molecule has 0 saturated carbocycles. The Morgan fingerprint density at radius 3 is 2.03 bits per heavy atom. The molecule has 1 saturated heterocycles. The SMILES string of the molecule is CC(=O)c1ccc(S(=O)(=O)N2CCN(C(=O)c3cccc(C(F)(F)F)c3)CC2)cc1. The Labute approximate surface area is 172 Å². The molecule has 0 bridgehead atoms. The van der Waals surface area contributed by atoms with Crippen LogP contribution in [0.3, 0.4) is 0 Å². The molecule has 1 heterocycles. The second kappa shape index (κ2) is 8.19. The molecule has 0 unspecified atom stereocenters. The Morgan fingerprint density at radius 1 is 0.900 bits per heavy atom. The fourth-order valence-corrected chi connectivity index (χ4v) is 4.58. The quantitative estimate of drug-likeness (QED) is 0.685. The second-order valence-electron chi connectivity index (χ2n) is 6.86. The summed E-state index contributed by atoms with van der Waals surface area (Å²) in [5.74, 6) is -0.760. The molecule has 1 aliphatic rings. The summed E-state index contributed by atoms with van der Waals surface area (Å²) in [6, 6.07) is 9.73. The Balaban J connectivity index is 1.69. The number of nitrogens with zero attached hydrogens (tertiary/aromatic N) is 2. The third-order valence-electron chi connectivity index (χ3n) is 4.86. The maximum Gasteiger partial charge on any atom is 0.416 e. The number of Topliss-reactive ketones (excluding diaryl/α,β-unsaturated/α-hetero) is 1. The average molecular weight is 440 g/mol. The lowest BCUT2D eigenvalue weighted by molar-refractivity contribution is -0.137. The van der Waals surface area contributed by atoms with Crippen LogP contribution >= 0.6 is 0 Å². The molecule has 3 rings (SSSR count). The lowest BCUT2D eigenvalue weighted by Gasteiger charge is -2.34. The van der Waals surface area contributed by atoms with Crippen LogP contribution in [0.1, 0.15) is 33.2 Å². The van der Waals surface area contributed by atoms with Crippen LogP contribution in [0.15, 0.2) is 53.4 Å². The van der Waals surface area contributed by atoms with Gasteiger partial charge in [-0.15, -0.1) is 0 Å². The van der Waals surface area contributed by atoms with Gasteiger partial charge in [0, 0.05) is 37.3 Å². The van der Waals surface area contributed by atoms with Gasteiger partial charge in [0.25, 0.3) is 5.91 Å². The molecule has 160 valence electrons. The van der Waals surface area contributed by atoms with Crippen molar-refractivity contribution in [1.29, 1.82) is 0 Å². The highest BCUT2D eigenvalue weighted by Gasteiger charge is 2.33. The number of piperazine rings is 1. The van der Waals surface area contributed by atoms with Crippen LogP contribution in [-0.2, 0) is 16.2 Å². The fraction of sp³-hybridized carbons (Fsp3) is 0.300. The minimum Gasteiger partial charge on any atom is -0.336 e. The Hall–Kier alpha value is -2.72. The van der Waals surface area contributed by atoms with Crippen LogP contribution in [0.4, 0.5) is 13.2 Å². The summed E-state index contributed by atoms with van der Waals surface area (Å²) in [4.78, 5) is 25.3. The average Bonchev–Trinajstić information content (AvgIpc) is 2.73. The van der Waals surface area contributed by atoms with Gasteiger partial charge in [0.2, 0.25) is 10.0 Å². The van der Waals surface area contributed by atoms with Crippen LogP contribution in [0, 0.1) is 0 Å².